The molecular weight excluding hydrogens is 633 g/mol. The number of phenolic OH excluding ortho intramolecular Hbond substituents is 1. The van der Waals surface area contributed by atoms with Gasteiger partial charge in [0, 0.05) is 18.9 Å². The van der Waals surface area contributed by atoms with Crippen LogP contribution in [0.3, 0.4) is 0 Å². The molecule has 0 fully saturated rings. The number of benzene rings is 2. The van der Waals surface area contributed by atoms with Crippen molar-refractivity contribution >= 4 is 24.1 Å². The lowest BCUT2D eigenvalue weighted by molar-refractivity contribution is -0.135. The van der Waals surface area contributed by atoms with Gasteiger partial charge in [-0.1, -0.05) is 192 Å². The van der Waals surface area contributed by atoms with E-state index in [2.05, 4.69) is 13.8 Å². The number of ether oxygens (including phenoxy) is 2. The Bertz CT molecular complexity index is 1180. The summed E-state index contributed by atoms with van der Waals surface area (Å²) in [6, 6.07) is 12.2. The van der Waals surface area contributed by atoms with Gasteiger partial charge < -0.3 is 14.6 Å². The third-order valence-corrected chi connectivity index (χ3v) is 9.69. The van der Waals surface area contributed by atoms with E-state index < -0.39 is 0 Å². The highest BCUT2D eigenvalue weighted by Crippen LogP contribution is 2.25. The van der Waals surface area contributed by atoms with Gasteiger partial charge in [0.05, 0.1) is 0 Å². The second kappa shape index (κ2) is 30.5. The largest absolute Gasteiger partial charge is 0.508 e. The Hall–Kier alpha value is -3.08. The van der Waals surface area contributed by atoms with Crippen LogP contribution in [0.5, 0.6) is 17.2 Å². The zero-order valence-electron chi connectivity index (χ0n) is 32.6. The predicted molar refractivity (Wildman–Crippen MR) is 215 cm³/mol. The van der Waals surface area contributed by atoms with E-state index >= 15 is 0 Å². The van der Waals surface area contributed by atoms with Gasteiger partial charge in [0.1, 0.15) is 17.2 Å². The van der Waals surface area contributed by atoms with Crippen molar-refractivity contribution < 1.29 is 24.2 Å². The molecule has 0 amide bonds. The second-order valence-electron chi connectivity index (χ2n) is 14.6. The summed E-state index contributed by atoms with van der Waals surface area (Å²) in [7, 11) is 0. The molecule has 0 aliphatic heterocycles. The molecule has 0 atom stereocenters. The summed E-state index contributed by atoms with van der Waals surface area (Å²) in [4.78, 5) is 24.8. The van der Waals surface area contributed by atoms with E-state index in [-0.39, 0.29) is 17.7 Å². The van der Waals surface area contributed by atoms with Gasteiger partial charge in [-0.3, -0.25) is 9.59 Å². The summed E-state index contributed by atoms with van der Waals surface area (Å²) in [5, 5.41) is 10.2. The quantitative estimate of drug-likeness (QED) is 0.0355. The van der Waals surface area contributed by atoms with Crippen LogP contribution in [-0.2, 0) is 9.59 Å². The van der Waals surface area contributed by atoms with Crippen molar-refractivity contribution in [2.45, 2.75) is 194 Å². The fraction of sp³-hybridized carbons (Fsp3) is 0.652. The first-order valence-electron chi connectivity index (χ1n) is 21.0. The smallest absolute Gasteiger partial charge is 0.311 e. The average Bonchev–Trinajstić information content (AvgIpc) is 3.11. The molecule has 51 heavy (non-hydrogen) atoms. The molecule has 0 aliphatic rings. The Labute approximate surface area is 312 Å². The molecule has 0 aromatic heterocycles. The van der Waals surface area contributed by atoms with Crippen LogP contribution in [-0.4, -0.2) is 17.0 Å². The molecule has 2 rings (SSSR count). The summed E-state index contributed by atoms with van der Waals surface area (Å²) in [5.74, 6) is 0.490. The summed E-state index contributed by atoms with van der Waals surface area (Å²) in [6.07, 6.45) is 37.7. The van der Waals surface area contributed by atoms with E-state index in [0.717, 1.165) is 43.2 Å². The number of rotatable bonds is 32. The van der Waals surface area contributed by atoms with Gasteiger partial charge in [0.15, 0.2) is 0 Å². The highest BCUT2D eigenvalue weighted by atomic mass is 16.5. The number of unbranched alkanes of at least 4 members (excludes halogenated alkanes) is 24. The molecule has 1 N–H and O–H groups in total. The Balaban J connectivity index is 1.57. The maximum Gasteiger partial charge on any atom is 0.311 e. The number of aromatic hydroxyl groups is 1. The minimum absolute atomic E-state index is 0.0478. The van der Waals surface area contributed by atoms with Gasteiger partial charge in [-0.2, -0.15) is 0 Å². The van der Waals surface area contributed by atoms with Crippen molar-refractivity contribution in [1.82, 2.24) is 0 Å². The first kappa shape index (κ1) is 44.1. The van der Waals surface area contributed by atoms with Crippen molar-refractivity contribution in [3.63, 3.8) is 0 Å². The monoisotopic (exact) mass is 705 g/mol. The van der Waals surface area contributed by atoms with E-state index in [0.29, 0.717) is 24.3 Å². The zero-order valence-corrected chi connectivity index (χ0v) is 32.6. The normalized spacial score (nSPS) is 11.3. The van der Waals surface area contributed by atoms with Crippen LogP contribution in [0.25, 0.3) is 12.2 Å². The van der Waals surface area contributed by atoms with Gasteiger partial charge >= 0.3 is 11.9 Å². The van der Waals surface area contributed by atoms with Gasteiger partial charge in [0.2, 0.25) is 0 Å². The standard InChI is InChI=1S/C46H72O5/c1-3-5-7-9-11-13-15-17-19-21-23-25-27-29-45(48)50-43-35-33-40(34-36-43)31-32-41-37-42(47)39-44(38-41)51-46(49)30-28-26-24-22-20-18-16-14-12-10-8-6-4-2/h31-39,47H,3-30H2,1-2H3. The Morgan fingerprint density at radius 1 is 0.451 bits per heavy atom. The Morgan fingerprint density at radius 2 is 0.804 bits per heavy atom. The maximum absolute atomic E-state index is 12.4. The summed E-state index contributed by atoms with van der Waals surface area (Å²) >= 11 is 0. The third kappa shape index (κ3) is 24.7. The molecule has 0 bridgehead atoms. The Morgan fingerprint density at radius 3 is 1.22 bits per heavy atom. The van der Waals surface area contributed by atoms with Crippen molar-refractivity contribution in [2.75, 3.05) is 0 Å². The second-order valence-corrected chi connectivity index (χ2v) is 14.6. The summed E-state index contributed by atoms with van der Waals surface area (Å²) in [5.41, 5.74) is 1.66. The first-order chi connectivity index (χ1) is 25.0. The van der Waals surface area contributed by atoms with Crippen LogP contribution >= 0.6 is 0 Å². The molecule has 5 heteroatoms. The number of carbonyl (C=O) groups is 2. The fourth-order valence-electron chi connectivity index (χ4n) is 6.54. The lowest BCUT2D eigenvalue weighted by atomic mass is 10.0. The van der Waals surface area contributed by atoms with Gasteiger partial charge in [-0.05, 0) is 48.2 Å². The molecule has 0 saturated heterocycles. The molecule has 0 radical (unpaired) electrons. The zero-order chi connectivity index (χ0) is 36.6. The highest BCUT2D eigenvalue weighted by Gasteiger charge is 2.08. The van der Waals surface area contributed by atoms with Gasteiger partial charge in [-0.25, -0.2) is 0 Å². The van der Waals surface area contributed by atoms with E-state index in [1.54, 1.807) is 24.3 Å². The molecule has 0 unspecified atom stereocenters. The van der Waals surface area contributed by atoms with E-state index in [9.17, 15) is 14.7 Å². The van der Waals surface area contributed by atoms with E-state index in [1.165, 1.54) is 141 Å². The van der Waals surface area contributed by atoms with Crippen LogP contribution in [0.4, 0.5) is 0 Å². The van der Waals surface area contributed by atoms with Crippen LogP contribution in [0.15, 0.2) is 42.5 Å². The van der Waals surface area contributed by atoms with Gasteiger partial charge in [0.25, 0.3) is 0 Å². The number of carbonyl (C=O) groups excluding carboxylic acids is 2. The maximum atomic E-state index is 12.4. The van der Waals surface area contributed by atoms with Crippen molar-refractivity contribution in [3.8, 4) is 17.2 Å². The Kier molecular flexibility index (Phi) is 26.4. The first-order valence-corrected chi connectivity index (χ1v) is 21.0. The molecule has 2 aromatic carbocycles. The number of esters is 2. The minimum atomic E-state index is -0.266. The van der Waals surface area contributed by atoms with E-state index in [4.69, 9.17) is 9.47 Å². The summed E-state index contributed by atoms with van der Waals surface area (Å²) < 4.78 is 11.1. The van der Waals surface area contributed by atoms with Crippen molar-refractivity contribution in [1.29, 1.82) is 0 Å². The predicted octanol–water partition coefficient (Wildman–Crippen LogP) is 14.3. The van der Waals surface area contributed by atoms with Crippen LogP contribution in [0.2, 0.25) is 0 Å². The van der Waals surface area contributed by atoms with Gasteiger partial charge in [-0.15, -0.1) is 0 Å². The van der Waals surface area contributed by atoms with Crippen molar-refractivity contribution in [2.24, 2.45) is 0 Å². The average molecular weight is 705 g/mol. The number of hydrogen-bond acceptors (Lipinski definition) is 5. The fourth-order valence-corrected chi connectivity index (χ4v) is 6.54. The van der Waals surface area contributed by atoms with Crippen LogP contribution < -0.4 is 9.47 Å². The molecule has 5 nitrogen and oxygen atoms in total. The number of phenols is 1. The molecule has 286 valence electrons. The molecule has 0 aliphatic carbocycles. The molecule has 0 heterocycles. The van der Waals surface area contributed by atoms with Crippen LogP contribution in [0, 0.1) is 0 Å². The lowest BCUT2D eigenvalue weighted by Gasteiger charge is -2.07. The van der Waals surface area contributed by atoms with E-state index in [1.807, 2.05) is 24.3 Å². The highest BCUT2D eigenvalue weighted by molar-refractivity contribution is 5.75. The number of hydrogen-bond donors (Lipinski definition) is 1. The molecule has 0 saturated carbocycles. The minimum Gasteiger partial charge on any atom is -0.508 e. The summed E-state index contributed by atoms with van der Waals surface area (Å²) in [6.45, 7) is 4.53. The topological polar surface area (TPSA) is 72.8 Å². The molecule has 2 aromatic rings. The van der Waals surface area contributed by atoms with Crippen molar-refractivity contribution in [3.05, 3.63) is 53.6 Å². The third-order valence-electron chi connectivity index (χ3n) is 9.69. The van der Waals surface area contributed by atoms with Crippen LogP contribution in [0.1, 0.15) is 205 Å². The molecular formula is C46H72O5. The lowest BCUT2D eigenvalue weighted by Crippen LogP contribution is -2.07. The SMILES string of the molecule is CCCCCCCCCCCCCCCC(=O)Oc1ccc(C=Cc2cc(O)cc(OC(=O)CCCCCCCCCCCCCCC)c2)cc1. The molecule has 0 spiro atoms.